The lowest BCUT2D eigenvalue weighted by Gasteiger charge is -2.24. The molecule has 33 heavy (non-hydrogen) atoms. The molecule has 0 spiro atoms. The van der Waals surface area contributed by atoms with E-state index in [2.05, 4.69) is 10.1 Å². The number of aryl methyl sites for hydroxylation is 1. The fourth-order valence-electron chi connectivity index (χ4n) is 4.39. The molecular weight excluding hydrogens is 429 g/mol. The van der Waals surface area contributed by atoms with Gasteiger partial charge in [-0.1, -0.05) is 42.0 Å². The highest BCUT2D eigenvalue weighted by Crippen LogP contribution is 2.34. The lowest BCUT2D eigenvalue weighted by Crippen LogP contribution is -2.30. The van der Waals surface area contributed by atoms with Crippen LogP contribution in [-0.4, -0.2) is 31.9 Å². The predicted molar refractivity (Wildman–Crippen MR) is 118 cm³/mol. The molecule has 0 saturated carbocycles. The average molecular weight is 450 g/mol. The second-order valence-electron chi connectivity index (χ2n) is 8.24. The molecule has 8 heteroatoms. The first-order chi connectivity index (χ1) is 15.9. The molecule has 1 aliphatic heterocycles. The van der Waals surface area contributed by atoms with Gasteiger partial charge in [0.15, 0.2) is 5.65 Å². The molecule has 168 valence electrons. The molecule has 0 aliphatic carbocycles. The number of benzene rings is 2. The SMILES string of the molecule is Cc1ccc(-c2cc(C(F)F)n3ncc(C(=O)N4CCCC4c4cccc(F)c4)c3n2)cc1. The first-order valence-corrected chi connectivity index (χ1v) is 10.7. The largest absolute Gasteiger partial charge is 0.331 e. The molecule has 1 amide bonds. The van der Waals surface area contributed by atoms with Crippen LogP contribution in [0, 0.1) is 12.7 Å². The highest BCUT2D eigenvalue weighted by molar-refractivity contribution is 6.00. The Balaban J connectivity index is 1.59. The molecule has 2 aromatic heterocycles. The number of likely N-dealkylation sites (tertiary alicyclic amines) is 1. The van der Waals surface area contributed by atoms with Crippen molar-refractivity contribution in [3.8, 4) is 11.3 Å². The molecule has 0 N–H and O–H groups in total. The van der Waals surface area contributed by atoms with Crippen molar-refractivity contribution in [2.75, 3.05) is 6.54 Å². The standard InChI is InChI=1S/C25H21F3N4O/c1-15-7-9-16(10-8-15)20-13-22(23(27)28)32-24(30-20)19(14-29-32)25(33)31-11-3-6-21(31)17-4-2-5-18(26)12-17/h2,4-5,7-10,12-14,21,23H,3,6,11H2,1H3. The van der Waals surface area contributed by atoms with Gasteiger partial charge in [-0.3, -0.25) is 4.79 Å². The van der Waals surface area contributed by atoms with Crippen molar-refractivity contribution >= 4 is 11.6 Å². The number of nitrogens with zero attached hydrogens (tertiary/aromatic N) is 4. The predicted octanol–water partition coefficient (Wildman–Crippen LogP) is 5.76. The van der Waals surface area contributed by atoms with Gasteiger partial charge in [-0.05, 0) is 43.5 Å². The van der Waals surface area contributed by atoms with Crippen molar-refractivity contribution in [2.45, 2.75) is 32.2 Å². The lowest BCUT2D eigenvalue weighted by atomic mass is 10.0. The fraction of sp³-hybridized carbons (Fsp3) is 0.240. The molecular formula is C25H21F3N4O. The first kappa shape index (κ1) is 21.2. The normalized spacial score (nSPS) is 16.2. The van der Waals surface area contributed by atoms with Gasteiger partial charge < -0.3 is 4.90 Å². The quantitative estimate of drug-likeness (QED) is 0.397. The molecule has 1 aliphatic rings. The van der Waals surface area contributed by atoms with Crippen molar-refractivity contribution < 1.29 is 18.0 Å². The highest BCUT2D eigenvalue weighted by atomic mass is 19.3. The van der Waals surface area contributed by atoms with Gasteiger partial charge in [-0.25, -0.2) is 22.7 Å². The van der Waals surface area contributed by atoms with E-state index in [1.807, 2.05) is 31.2 Å². The number of aromatic nitrogens is 3. The minimum Gasteiger partial charge on any atom is -0.331 e. The Labute approximate surface area is 188 Å². The van der Waals surface area contributed by atoms with E-state index >= 15 is 0 Å². The summed E-state index contributed by atoms with van der Waals surface area (Å²) in [4.78, 5) is 19.7. The summed E-state index contributed by atoms with van der Waals surface area (Å²) in [6.07, 6.45) is -0.0552. The van der Waals surface area contributed by atoms with E-state index in [9.17, 15) is 18.0 Å². The monoisotopic (exact) mass is 450 g/mol. The van der Waals surface area contributed by atoms with Gasteiger partial charge in [-0.15, -0.1) is 0 Å². The molecule has 1 saturated heterocycles. The van der Waals surface area contributed by atoms with Crippen LogP contribution in [0.25, 0.3) is 16.9 Å². The van der Waals surface area contributed by atoms with Crippen LogP contribution in [-0.2, 0) is 0 Å². The van der Waals surface area contributed by atoms with Crippen molar-refractivity contribution in [3.63, 3.8) is 0 Å². The van der Waals surface area contributed by atoms with Gasteiger partial charge in [0.1, 0.15) is 17.1 Å². The third-order valence-electron chi connectivity index (χ3n) is 6.05. The minimum atomic E-state index is -2.80. The molecule has 5 rings (SSSR count). The highest BCUT2D eigenvalue weighted by Gasteiger charge is 2.33. The van der Waals surface area contributed by atoms with Crippen molar-refractivity contribution in [3.05, 3.63) is 89.0 Å². The Hall–Kier alpha value is -3.68. The van der Waals surface area contributed by atoms with Crippen LogP contribution in [0.15, 0.2) is 60.8 Å². The van der Waals surface area contributed by atoms with Crippen LogP contribution in [0.3, 0.4) is 0 Å². The summed E-state index contributed by atoms with van der Waals surface area (Å²) in [7, 11) is 0. The summed E-state index contributed by atoms with van der Waals surface area (Å²) >= 11 is 0. The van der Waals surface area contributed by atoms with E-state index < -0.39 is 6.43 Å². The molecule has 1 atom stereocenters. The van der Waals surface area contributed by atoms with Gasteiger partial charge in [0, 0.05) is 12.1 Å². The van der Waals surface area contributed by atoms with Gasteiger partial charge in [0.2, 0.25) is 0 Å². The van der Waals surface area contributed by atoms with Gasteiger partial charge in [0.25, 0.3) is 12.3 Å². The van der Waals surface area contributed by atoms with Gasteiger partial charge >= 0.3 is 0 Å². The summed E-state index contributed by atoms with van der Waals surface area (Å²) in [6.45, 7) is 2.42. The molecule has 2 aromatic carbocycles. The number of hydrogen-bond donors (Lipinski definition) is 0. The van der Waals surface area contributed by atoms with E-state index in [4.69, 9.17) is 0 Å². The maximum atomic E-state index is 13.9. The molecule has 1 unspecified atom stereocenters. The Bertz CT molecular complexity index is 1330. The molecule has 3 heterocycles. The van der Waals surface area contributed by atoms with E-state index in [1.165, 1.54) is 24.4 Å². The molecule has 0 bridgehead atoms. The topological polar surface area (TPSA) is 50.5 Å². The first-order valence-electron chi connectivity index (χ1n) is 10.7. The van der Waals surface area contributed by atoms with Gasteiger partial charge in [0.05, 0.1) is 17.9 Å². The number of rotatable bonds is 4. The maximum Gasteiger partial charge on any atom is 0.280 e. The Morgan fingerprint density at radius 3 is 2.64 bits per heavy atom. The number of alkyl halides is 2. The third kappa shape index (κ3) is 3.86. The van der Waals surface area contributed by atoms with Crippen LogP contribution >= 0.6 is 0 Å². The van der Waals surface area contributed by atoms with E-state index in [1.54, 1.807) is 17.0 Å². The number of amides is 1. The maximum absolute atomic E-state index is 13.9. The fourth-order valence-corrected chi connectivity index (χ4v) is 4.39. The Kier molecular flexibility index (Phi) is 5.36. The van der Waals surface area contributed by atoms with E-state index in [-0.39, 0.29) is 34.7 Å². The molecule has 1 fully saturated rings. The number of carbonyl (C=O) groups excluding carboxylic acids is 1. The lowest BCUT2D eigenvalue weighted by molar-refractivity contribution is 0.0737. The van der Waals surface area contributed by atoms with Crippen molar-refractivity contribution in [1.82, 2.24) is 19.5 Å². The second-order valence-corrected chi connectivity index (χ2v) is 8.24. The van der Waals surface area contributed by atoms with Crippen LogP contribution in [0.2, 0.25) is 0 Å². The number of halogens is 3. The van der Waals surface area contributed by atoms with Crippen molar-refractivity contribution in [2.24, 2.45) is 0 Å². The third-order valence-corrected chi connectivity index (χ3v) is 6.05. The van der Waals surface area contributed by atoms with Crippen LogP contribution < -0.4 is 0 Å². The zero-order chi connectivity index (χ0) is 23.1. The van der Waals surface area contributed by atoms with E-state index in [0.717, 1.165) is 16.5 Å². The van der Waals surface area contributed by atoms with Crippen molar-refractivity contribution in [1.29, 1.82) is 0 Å². The number of carbonyl (C=O) groups is 1. The zero-order valence-corrected chi connectivity index (χ0v) is 17.9. The number of fused-ring (bicyclic) bond motifs is 1. The van der Waals surface area contributed by atoms with E-state index in [0.29, 0.717) is 29.8 Å². The summed E-state index contributed by atoms with van der Waals surface area (Å²) in [5.74, 6) is -0.723. The van der Waals surface area contributed by atoms with Crippen LogP contribution in [0.5, 0.6) is 0 Å². The summed E-state index contributed by atoms with van der Waals surface area (Å²) in [5, 5.41) is 4.06. The summed E-state index contributed by atoms with van der Waals surface area (Å²) in [6, 6.07) is 14.6. The minimum absolute atomic E-state index is 0.0817. The molecule has 0 radical (unpaired) electrons. The second kappa shape index (κ2) is 8.35. The summed E-state index contributed by atoms with van der Waals surface area (Å²) in [5.41, 5.74) is 2.65. The molecule has 5 nitrogen and oxygen atoms in total. The van der Waals surface area contributed by atoms with Crippen LogP contribution in [0.4, 0.5) is 13.2 Å². The Morgan fingerprint density at radius 2 is 1.91 bits per heavy atom. The molecule has 4 aromatic rings. The number of hydrogen-bond acceptors (Lipinski definition) is 3. The average Bonchev–Trinajstić information content (AvgIpc) is 3.46. The van der Waals surface area contributed by atoms with Gasteiger partial charge in [-0.2, -0.15) is 5.10 Å². The zero-order valence-electron chi connectivity index (χ0n) is 17.9. The van der Waals surface area contributed by atoms with Crippen LogP contribution in [0.1, 0.15) is 52.5 Å². The smallest absolute Gasteiger partial charge is 0.280 e. The summed E-state index contributed by atoms with van der Waals surface area (Å²) < 4.78 is 42.6. The Morgan fingerprint density at radius 1 is 1.12 bits per heavy atom.